The molecule has 0 aromatic heterocycles. The van der Waals surface area contributed by atoms with Crippen LogP contribution in [-0.2, 0) is 13.2 Å². The second-order valence-corrected chi connectivity index (χ2v) is 4.32. The van der Waals surface area contributed by atoms with Gasteiger partial charge in [-0.1, -0.05) is 6.07 Å². The summed E-state index contributed by atoms with van der Waals surface area (Å²) >= 11 is 0. The maximum absolute atomic E-state index is 13.6. The Morgan fingerprint density at radius 3 is 2.50 bits per heavy atom. The first-order valence-electron chi connectivity index (χ1n) is 6.10. The highest BCUT2D eigenvalue weighted by molar-refractivity contribution is 5.28. The van der Waals surface area contributed by atoms with E-state index < -0.39 is 17.5 Å². The normalized spacial score (nSPS) is 10.6. The van der Waals surface area contributed by atoms with Crippen LogP contribution in [0.3, 0.4) is 0 Å². The fourth-order valence-corrected chi connectivity index (χ4v) is 1.80. The Kier molecular flexibility index (Phi) is 4.63. The van der Waals surface area contributed by atoms with Gasteiger partial charge in [-0.3, -0.25) is 0 Å². The van der Waals surface area contributed by atoms with E-state index in [1.807, 2.05) is 0 Å². The first kappa shape index (κ1) is 14.4. The zero-order valence-corrected chi connectivity index (χ0v) is 10.9. The van der Waals surface area contributed by atoms with E-state index in [9.17, 15) is 13.2 Å². The molecule has 0 saturated heterocycles. The Bertz CT molecular complexity index is 602. The molecule has 0 radical (unpaired) electrons. The first-order chi connectivity index (χ1) is 9.60. The first-order valence-corrected chi connectivity index (χ1v) is 6.10. The minimum atomic E-state index is -0.682. The van der Waals surface area contributed by atoms with Crippen LogP contribution in [0.1, 0.15) is 11.1 Å². The topological polar surface area (TPSA) is 21.3 Å². The van der Waals surface area contributed by atoms with E-state index in [1.165, 1.54) is 6.07 Å². The summed E-state index contributed by atoms with van der Waals surface area (Å²) < 4.78 is 45.1. The lowest BCUT2D eigenvalue weighted by molar-refractivity contribution is 0.283. The van der Waals surface area contributed by atoms with E-state index in [4.69, 9.17) is 4.74 Å². The van der Waals surface area contributed by atoms with Crippen LogP contribution in [0.5, 0.6) is 5.75 Å². The minimum absolute atomic E-state index is 0.163. The van der Waals surface area contributed by atoms with Crippen LogP contribution in [0.25, 0.3) is 0 Å². The van der Waals surface area contributed by atoms with E-state index in [0.29, 0.717) is 12.1 Å². The van der Waals surface area contributed by atoms with Gasteiger partial charge in [-0.05, 0) is 36.9 Å². The average Bonchev–Trinajstić information content (AvgIpc) is 2.43. The molecular weight excluding hydrogens is 267 g/mol. The van der Waals surface area contributed by atoms with Gasteiger partial charge in [0.1, 0.15) is 18.2 Å². The predicted molar refractivity (Wildman–Crippen MR) is 69.9 cm³/mol. The van der Waals surface area contributed by atoms with Crippen LogP contribution in [-0.4, -0.2) is 7.05 Å². The van der Waals surface area contributed by atoms with Crippen molar-refractivity contribution in [3.8, 4) is 5.75 Å². The number of hydrogen-bond acceptors (Lipinski definition) is 2. The Balaban J connectivity index is 2.13. The number of hydrogen-bond donors (Lipinski definition) is 1. The molecule has 0 saturated carbocycles. The summed E-state index contributed by atoms with van der Waals surface area (Å²) in [5.74, 6) is -1.96. The SMILES string of the molecule is CNCc1ccc(F)c(COc2cc(F)ccc2F)c1. The molecule has 2 nitrogen and oxygen atoms in total. The molecule has 2 aromatic rings. The van der Waals surface area contributed by atoms with Gasteiger partial charge in [0.15, 0.2) is 11.6 Å². The highest BCUT2D eigenvalue weighted by Crippen LogP contribution is 2.20. The summed E-state index contributed by atoms with van der Waals surface area (Å²) in [6.07, 6.45) is 0. The van der Waals surface area contributed by atoms with Gasteiger partial charge in [-0.2, -0.15) is 0 Å². The van der Waals surface area contributed by atoms with Crippen LogP contribution in [0.2, 0.25) is 0 Å². The number of rotatable bonds is 5. The highest BCUT2D eigenvalue weighted by Gasteiger charge is 2.08. The number of nitrogens with one attached hydrogen (secondary N) is 1. The lowest BCUT2D eigenvalue weighted by Gasteiger charge is -2.10. The molecule has 0 heterocycles. The van der Waals surface area contributed by atoms with Crippen molar-refractivity contribution in [2.75, 3.05) is 7.05 Å². The molecule has 0 unspecified atom stereocenters. The van der Waals surface area contributed by atoms with E-state index in [1.54, 1.807) is 19.2 Å². The highest BCUT2D eigenvalue weighted by atomic mass is 19.1. The number of ether oxygens (including phenoxy) is 1. The predicted octanol–water partition coefficient (Wildman–Crippen LogP) is 3.40. The van der Waals surface area contributed by atoms with Gasteiger partial charge < -0.3 is 10.1 Å². The van der Waals surface area contributed by atoms with Crippen molar-refractivity contribution < 1.29 is 17.9 Å². The summed E-state index contributed by atoms with van der Waals surface area (Å²) in [7, 11) is 1.78. The summed E-state index contributed by atoms with van der Waals surface area (Å²) in [5, 5.41) is 2.95. The van der Waals surface area contributed by atoms with Crippen LogP contribution in [0.15, 0.2) is 36.4 Å². The summed E-state index contributed by atoms with van der Waals surface area (Å²) in [6, 6.07) is 7.51. The van der Waals surface area contributed by atoms with Crippen molar-refractivity contribution in [2.24, 2.45) is 0 Å². The van der Waals surface area contributed by atoms with Crippen molar-refractivity contribution in [1.82, 2.24) is 5.32 Å². The van der Waals surface area contributed by atoms with Crippen molar-refractivity contribution in [1.29, 1.82) is 0 Å². The molecule has 2 rings (SSSR count). The van der Waals surface area contributed by atoms with E-state index in [0.717, 1.165) is 23.8 Å². The molecule has 0 aliphatic carbocycles. The lowest BCUT2D eigenvalue weighted by Crippen LogP contribution is -2.07. The van der Waals surface area contributed by atoms with Crippen LogP contribution >= 0.6 is 0 Å². The monoisotopic (exact) mass is 281 g/mol. The maximum atomic E-state index is 13.6. The summed E-state index contributed by atoms with van der Waals surface area (Å²) in [5.41, 5.74) is 1.17. The molecule has 0 bridgehead atoms. The van der Waals surface area contributed by atoms with Gasteiger partial charge in [-0.25, -0.2) is 13.2 Å². The Morgan fingerprint density at radius 1 is 1.00 bits per heavy atom. The number of halogens is 3. The molecule has 106 valence electrons. The molecule has 0 atom stereocenters. The van der Waals surface area contributed by atoms with Crippen LogP contribution in [0, 0.1) is 17.5 Å². The second kappa shape index (κ2) is 6.43. The van der Waals surface area contributed by atoms with Crippen molar-refractivity contribution in [3.63, 3.8) is 0 Å². The number of benzene rings is 2. The summed E-state index contributed by atoms with van der Waals surface area (Å²) in [6.45, 7) is 0.422. The van der Waals surface area contributed by atoms with E-state index >= 15 is 0 Å². The average molecular weight is 281 g/mol. The molecule has 1 N–H and O–H groups in total. The van der Waals surface area contributed by atoms with Gasteiger partial charge in [0.25, 0.3) is 0 Å². The molecule has 20 heavy (non-hydrogen) atoms. The zero-order chi connectivity index (χ0) is 14.5. The molecule has 0 aliphatic heterocycles. The fourth-order valence-electron chi connectivity index (χ4n) is 1.80. The zero-order valence-electron chi connectivity index (χ0n) is 10.9. The Morgan fingerprint density at radius 2 is 1.75 bits per heavy atom. The van der Waals surface area contributed by atoms with Crippen LogP contribution < -0.4 is 10.1 Å². The maximum Gasteiger partial charge on any atom is 0.165 e. The molecule has 0 aliphatic rings. The molecule has 2 aromatic carbocycles. The van der Waals surface area contributed by atoms with E-state index in [-0.39, 0.29) is 12.4 Å². The van der Waals surface area contributed by atoms with Crippen molar-refractivity contribution in [3.05, 3.63) is 65.0 Å². The fraction of sp³-hybridized carbons (Fsp3) is 0.200. The molecule has 5 heteroatoms. The Labute approximate surface area is 115 Å². The van der Waals surface area contributed by atoms with Gasteiger partial charge >= 0.3 is 0 Å². The summed E-state index contributed by atoms with van der Waals surface area (Å²) in [4.78, 5) is 0. The quantitative estimate of drug-likeness (QED) is 0.907. The van der Waals surface area contributed by atoms with Crippen molar-refractivity contribution >= 4 is 0 Å². The third-order valence-corrected chi connectivity index (χ3v) is 2.77. The largest absolute Gasteiger partial charge is 0.486 e. The third-order valence-electron chi connectivity index (χ3n) is 2.77. The lowest BCUT2D eigenvalue weighted by atomic mass is 10.1. The smallest absolute Gasteiger partial charge is 0.165 e. The van der Waals surface area contributed by atoms with Crippen molar-refractivity contribution in [2.45, 2.75) is 13.2 Å². The molecule has 0 fully saturated rings. The molecule has 0 spiro atoms. The van der Waals surface area contributed by atoms with Gasteiger partial charge in [0.05, 0.1) is 0 Å². The van der Waals surface area contributed by atoms with Crippen LogP contribution in [0.4, 0.5) is 13.2 Å². The van der Waals surface area contributed by atoms with Gasteiger partial charge in [0.2, 0.25) is 0 Å². The molecular formula is C15H14F3NO. The standard InChI is InChI=1S/C15H14F3NO/c1-19-8-10-2-4-13(17)11(6-10)9-20-15-7-12(16)3-5-14(15)18/h2-7,19H,8-9H2,1H3. The van der Waals surface area contributed by atoms with Gasteiger partial charge in [0, 0.05) is 18.2 Å². The third kappa shape index (κ3) is 3.51. The van der Waals surface area contributed by atoms with Gasteiger partial charge in [-0.15, -0.1) is 0 Å². The minimum Gasteiger partial charge on any atom is -0.486 e. The second-order valence-electron chi connectivity index (χ2n) is 4.32. The van der Waals surface area contributed by atoms with E-state index in [2.05, 4.69) is 5.32 Å². The Hall–Kier alpha value is -2.01. The molecule has 0 amide bonds.